The number of hydrogen-bond acceptors (Lipinski definition) is 4. The maximum atomic E-state index is 14.6. The molecule has 1 aliphatic heterocycles. The summed E-state index contributed by atoms with van der Waals surface area (Å²) in [5.41, 5.74) is -5.20. The van der Waals surface area contributed by atoms with Crippen LogP contribution in [0, 0.1) is 5.92 Å². The molecule has 1 rings (SSSR count). The molecule has 28 heavy (non-hydrogen) atoms. The molecule has 0 aromatic rings. The Hall–Kier alpha value is -1.31. The molecule has 1 heterocycles. The summed E-state index contributed by atoms with van der Waals surface area (Å²) in [6, 6.07) is 0. The molecule has 1 N–H and O–H groups in total. The molecule has 4 nitrogen and oxygen atoms in total. The second-order valence-corrected chi connectivity index (χ2v) is 6.30. The molecule has 1 saturated heterocycles. The largest absolute Gasteiger partial charge is 0.462 e. The standard InChI is InChI=1S/C14H16F10O4/c1-4-6(3)7(25)27-13(14(22,23)24)12(20,21)9(26,5-2)10(15,16)8(28-13)11(17,18)19/h6,8,26H,4-5H2,1-3H3. The molecule has 4 unspecified atom stereocenters. The zero-order chi connectivity index (χ0) is 22.6. The van der Waals surface area contributed by atoms with Crippen molar-refractivity contribution in [3.05, 3.63) is 0 Å². The van der Waals surface area contributed by atoms with E-state index >= 15 is 0 Å². The molecule has 0 aromatic carbocycles. The van der Waals surface area contributed by atoms with Gasteiger partial charge in [0.15, 0.2) is 0 Å². The fourth-order valence-corrected chi connectivity index (χ4v) is 2.54. The second-order valence-electron chi connectivity index (χ2n) is 6.30. The van der Waals surface area contributed by atoms with Gasteiger partial charge in [-0.05, 0) is 12.8 Å². The Kier molecular flexibility index (Phi) is 6.08. The average Bonchev–Trinajstić information content (AvgIpc) is 2.52. The molecule has 14 heteroatoms. The molecule has 0 saturated carbocycles. The Morgan fingerprint density at radius 2 is 1.57 bits per heavy atom. The monoisotopic (exact) mass is 438 g/mol. The number of carbonyl (C=O) groups excluding carboxylic acids is 1. The number of carbonyl (C=O) groups is 1. The molecule has 1 aliphatic rings. The molecule has 0 amide bonds. The normalized spacial score (nSPS) is 34.0. The van der Waals surface area contributed by atoms with E-state index in [0.717, 1.165) is 6.92 Å². The lowest BCUT2D eigenvalue weighted by atomic mass is 9.75. The fraction of sp³-hybridized carbons (Fsp3) is 0.929. The van der Waals surface area contributed by atoms with E-state index in [4.69, 9.17) is 0 Å². The van der Waals surface area contributed by atoms with Crippen molar-refractivity contribution in [3.63, 3.8) is 0 Å². The highest BCUT2D eigenvalue weighted by molar-refractivity contribution is 5.72. The van der Waals surface area contributed by atoms with Crippen LogP contribution in [0.2, 0.25) is 0 Å². The molecule has 0 spiro atoms. The first-order chi connectivity index (χ1) is 12.3. The van der Waals surface area contributed by atoms with E-state index in [1.807, 2.05) is 0 Å². The van der Waals surface area contributed by atoms with Gasteiger partial charge in [0.25, 0.3) is 0 Å². The van der Waals surface area contributed by atoms with Crippen LogP contribution in [0.3, 0.4) is 0 Å². The molecule has 0 radical (unpaired) electrons. The van der Waals surface area contributed by atoms with Gasteiger partial charge in [0.1, 0.15) is 0 Å². The zero-order valence-corrected chi connectivity index (χ0v) is 14.5. The molecule has 166 valence electrons. The lowest BCUT2D eigenvalue weighted by molar-refractivity contribution is -0.532. The number of rotatable bonds is 4. The highest BCUT2D eigenvalue weighted by Crippen LogP contribution is 2.63. The van der Waals surface area contributed by atoms with Crippen molar-refractivity contribution in [2.24, 2.45) is 5.92 Å². The van der Waals surface area contributed by atoms with Gasteiger partial charge in [-0.2, -0.15) is 43.9 Å². The van der Waals surface area contributed by atoms with E-state index in [0.29, 0.717) is 6.92 Å². The van der Waals surface area contributed by atoms with Crippen molar-refractivity contribution in [2.45, 2.75) is 75.3 Å². The smallest absolute Gasteiger partial charge is 0.418 e. The summed E-state index contributed by atoms with van der Waals surface area (Å²) in [5, 5.41) is 9.71. The average molecular weight is 438 g/mol. The van der Waals surface area contributed by atoms with Crippen LogP contribution >= 0.6 is 0 Å². The third-order valence-electron chi connectivity index (χ3n) is 4.54. The van der Waals surface area contributed by atoms with Crippen molar-refractivity contribution < 1.29 is 63.3 Å². The van der Waals surface area contributed by atoms with Crippen molar-refractivity contribution in [1.29, 1.82) is 0 Å². The molecule has 0 aromatic heterocycles. The number of alkyl halides is 10. The summed E-state index contributed by atoms with van der Waals surface area (Å²) < 4.78 is 144. The summed E-state index contributed by atoms with van der Waals surface area (Å²) in [7, 11) is 0. The van der Waals surface area contributed by atoms with E-state index in [-0.39, 0.29) is 6.42 Å². The van der Waals surface area contributed by atoms with Gasteiger partial charge in [-0.25, -0.2) is 0 Å². The molecular formula is C14H16F10O4. The number of esters is 1. The third-order valence-corrected chi connectivity index (χ3v) is 4.54. The van der Waals surface area contributed by atoms with Crippen molar-refractivity contribution in [2.75, 3.05) is 0 Å². The topological polar surface area (TPSA) is 55.8 Å². The van der Waals surface area contributed by atoms with Crippen molar-refractivity contribution in [3.8, 4) is 0 Å². The zero-order valence-electron chi connectivity index (χ0n) is 14.5. The molecule has 1 fully saturated rings. The van der Waals surface area contributed by atoms with Gasteiger partial charge in [-0.1, -0.05) is 20.8 Å². The Morgan fingerprint density at radius 1 is 1.11 bits per heavy atom. The van der Waals surface area contributed by atoms with Crippen molar-refractivity contribution >= 4 is 5.97 Å². The van der Waals surface area contributed by atoms with E-state index in [2.05, 4.69) is 9.47 Å². The van der Waals surface area contributed by atoms with Crippen LogP contribution in [0.4, 0.5) is 43.9 Å². The number of aliphatic hydroxyl groups is 1. The molecule has 0 aliphatic carbocycles. The third kappa shape index (κ3) is 3.21. The SMILES string of the molecule is CCC(C)C(=O)OC1(C(F)(F)F)OC(C(F)(F)F)C(F)(F)C(O)(CC)C1(F)F. The lowest BCUT2D eigenvalue weighted by Crippen LogP contribution is -2.83. The summed E-state index contributed by atoms with van der Waals surface area (Å²) >= 11 is 0. The van der Waals surface area contributed by atoms with Gasteiger partial charge in [0, 0.05) is 0 Å². The maximum absolute atomic E-state index is 14.6. The van der Waals surface area contributed by atoms with Gasteiger partial charge in [-0.3, -0.25) is 4.79 Å². The van der Waals surface area contributed by atoms with Crippen LogP contribution in [-0.4, -0.2) is 52.8 Å². The van der Waals surface area contributed by atoms with Crippen LogP contribution in [-0.2, 0) is 14.3 Å². The van der Waals surface area contributed by atoms with Gasteiger partial charge in [-0.15, -0.1) is 0 Å². The van der Waals surface area contributed by atoms with E-state index in [9.17, 15) is 53.8 Å². The van der Waals surface area contributed by atoms with E-state index < -0.39 is 60.0 Å². The van der Waals surface area contributed by atoms with Crippen LogP contribution < -0.4 is 0 Å². The number of hydrogen-bond donors (Lipinski definition) is 1. The maximum Gasteiger partial charge on any atom is 0.462 e. The minimum absolute atomic E-state index is 0.282. The van der Waals surface area contributed by atoms with E-state index in [1.54, 1.807) is 0 Å². The first-order valence-electron chi connectivity index (χ1n) is 7.79. The Bertz CT molecular complexity index is 602. The number of ether oxygens (including phenoxy) is 2. The van der Waals surface area contributed by atoms with Gasteiger partial charge < -0.3 is 14.6 Å². The van der Waals surface area contributed by atoms with Crippen molar-refractivity contribution in [1.82, 2.24) is 0 Å². The van der Waals surface area contributed by atoms with Gasteiger partial charge >= 0.3 is 36.0 Å². The first kappa shape index (κ1) is 24.7. The number of halogens is 10. The van der Waals surface area contributed by atoms with Gasteiger partial charge in [0.2, 0.25) is 11.7 Å². The Morgan fingerprint density at radius 3 is 1.89 bits per heavy atom. The Labute approximate surface area is 151 Å². The first-order valence-corrected chi connectivity index (χ1v) is 7.79. The summed E-state index contributed by atoms with van der Waals surface area (Å²) in [5.74, 6) is -21.5. The van der Waals surface area contributed by atoms with Crippen LogP contribution in [0.15, 0.2) is 0 Å². The highest BCUT2D eigenvalue weighted by atomic mass is 19.4. The van der Waals surface area contributed by atoms with Crippen LogP contribution in [0.1, 0.15) is 33.6 Å². The molecule has 0 bridgehead atoms. The van der Waals surface area contributed by atoms with E-state index in [1.165, 1.54) is 6.92 Å². The van der Waals surface area contributed by atoms with Crippen LogP contribution in [0.5, 0.6) is 0 Å². The predicted molar refractivity (Wildman–Crippen MR) is 70.4 cm³/mol. The van der Waals surface area contributed by atoms with Gasteiger partial charge in [0.05, 0.1) is 5.92 Å². The summed E-state index contributed by atoms with van der Waals surface area (Å²) in [6.07, 6.45) is -20.0. The minimum atomic E-state index is -6.62. The minimum Gasteiger partial charge on any atom is -0.418 e. The summed E-state index contributed by atoms with van der Waals surface area (Å²) in [4.78, 5) is 11.7. The molecule has 4 atom stereocenters. The lowest BCUT2D eigenvalue weighted by Gasteiger charge is -2.55. The predicted octanol–water partition coefficient (Wildman–Crippen LogP) is 4.21. The summed E-state index contributed by atoms with van der Waals surface area (Å²) in [6.45, 7) is 2.43. The fourth-order valence-electron chi connectivity index (χ4n) is 2.54. The quantitative estimate of drug-likeness (QED) is 0.528. The molecular weight excluding hydrogens is 422 g/mol. The van der Waals surface area contributed by atoms with Crippen LogP contribution in [0.25, 0.3) is 0 Å². The second kappa shape index (κ2) is 6.89. The Balaban J connectivity index is 3.85. The highest BCUT2D eigenvalue weighted by Gasteiger charge is 2.92.